The molecule has 2 aromatic rings. The Morgan fingerprint density at radius 2 is 2.17 bits per heavy atom. The number of nitrogens with zero attached hydrogens (tertiary/aromatic N) is 1. The van der Waals surface area contributed by atoms with Gasteiger partial charge in [0.2, 0.25) is 11.8 Å². The lowest BCUT2D eigenvalue weighted by atomic mass is 10.2. The second-order valence-corrected chi connectivity index (χ2v) is 6.71. The van der Waals surface area contributed by atoms with Gasteiger partial charge in [-0.2, -0.15) is 0 Å². The summed E-state index contributed by atoms with van der Waals surface area (Å²) in [5, 5.41) is 4.98. The molecule has 3 rings (SSSR count). The number of amides is 2. The van der Waals surface area contributed by atoms with Crippen LogP contribution in [0, 0.1) is 0 Å². The molecule has 1 aliphatic rings. The Morgan fingerprint density at radius 1 is 1.26 bits per heavy atom. The number of aryl methyl sites for hydroxylation is 1. The van der Waals surface area contributed by atoms with E-state index in [1.54, 1.807) is 16.2 Å². The van der Waals surface area contributed by atoms with E-state index < -0.39 is 0 Å². The Hall–Kier alpha value is -2.14. The molecular formula is C18H20N2O2S. The molecule has 1 aliphatic heterocycles. The number of carbonyl (C=O) groups is 2. The van der Waals surface area contributed by atoms with Crippen LogP contribution < -0.4 is 10.2 Å². The minimum Gasteiger partial charge on any atom is -0.326 e. The molecule has 5 heteroatoms. The average molecular weight is 328 g/mol. The molecule has 1 aromatic carbocycles. The first kappa shape index (κ1) is 15.7. The van der Waals surface area contributed by atoms with E-state index in [0.717, 1.165) is 37.2 Å². The van der Waals surface area contributed by atoms with E-state index >= 15 is 0 Å². The van der Waals surface area contributed by atoms with Gasteiger partial charge in [-0.15, -0.1) is 11.3 Å². The van der Waals surface area contributed by atoms with Gasteiger partial charge in [0, 0.05) is 35.6 Å². The standard InChI is InChI=1S/C18H20N2O2S/c21-17(9-2-7-16-8-4-12-23-16)19-14-5-1-6-15(13-14)20-11-3-10-18(20)22/h1,4-6,8,12-13H,2-3,7,9-11H2,(H,19,21). The van der Waals surface area contributed by atoms with Crippen LogP contribution in [0.15, 0.2) is 41.8 Å². The van der Waals surface area contributed by atoms with Gasteiger partial charge >= 0.3 is 0 Å². The van der Waals surface area contributed by atoms with Crippen LogP contribution in [0.1, 0.15) is 30.6 Å². The number of carbonyl (C=O) groups excluding carboxylic acids is 2. The molecule has 1 N–H and O–H groups in total. The molecule has 1 saturated heterocycles. The molecule has 0 unspecified atom stereocenters. The molecule has 0 atom stereocenters. The van der Waals surface area contributed by atoms with Crippen molar-refractivity contribution >= 4 is 34.5 Å². The summed E-state index contributed by atoms with van der Waals surface area (Å²) in [7, 11) is 0. The van der Waals surface area contributed by atoms with Gasteiger partial charge in [0.25, 0.3) is 0 Å². The van der Waals surface area contributed by atoms with Crippen LogP contribution in [-0.4, -0.2) is 18.4 Å². The lowest BCUT2D eigenvalue weighted by molar-refractivity contribution is -0.117. The Morgan fingerprint density at radius 3 is 2.91 bits per heavy atom. The normalized spacial score (nSPS) is 14.3. The minimum atomic E-state index is 0.0199. The third-order valence-electron chi connectivity index (χ3n) is 3.92. The Labute approximate surface area is 140 Å². The molecule has 4 nitrogen and oxygen atoms in total. The molecule has 0 bridgehead atoms. The van der Waals surface area contributed by atoms with Crippen molar-refractivity contribution < 1.29 is 9.59 Å². The number of anilines is 2. The summed E-state index contributed by atoms with van der Waals surface area (Å²) in [6.07, 6.45) is 3.80. The monoisotopic (exact) mass is 328 g/mol. The minimum absolute atomic E-state index is 0.0199. The van der Waals surface area contributed by atoms with Crippen molar-refractivity contribution in [3.05, 3.63) is 46.7 Å². The van der Waals surface area contributed by atoms with Crippen LogP contribution in [0.25, 0.3) is 0 Å². The fraction of sp³-hybridized carbons (Fsp3) is 0.333. The van der Waals surface area contributed by atoms with Gasteiger partial charge in [0.15, 0.2) is 0 Å². The second-order valence-electron chi connectivity index (χ2n) is 5.68. The van der Waals surface area contributed by atoms with Crippen LogP contribution in [0.5, 0.6) is 0 Å². The molecule has 23 heavy (non-hydrogen) atoms. The number of rotatable bonds is 6. The molecule has 0 saturated carbocycles. The first-order chi connectivity index (χ1) is 11.2. The second kappa shape index (κ2) is 7.42. The van der Waals surface area contributed by atoms with Crippen molar-refractivity contribution in [1.82, 2.24) is 0 Å². The zero-order chi connectivity index (χ0) is 16.1. The first-order valence-corrected chi connectivity index (χ1v) is 8.83. The molecule has 1 fully saturated rings. The van der Waals surface area contributed by atoms with E-state index in [2.05, 4.69) is 16.8 Å². The molecule has 2 heterocycles. The predicted molar refractivity (Wildman–Crippen MR) is 93.9 cm³/mol. The highest BCUT2D eigenvalue weighted by Gasteiger charge is 2.21. The summed E-state index contributed by atoms with van der Waals surface area (Å²) in [4.78, 5) is 26.9. The highest BCUT2D eigenvalue weighted by atomic mass is 32.1. The van der Waals surface area contributed by atoms with E-state index in [1.807, 2.05) is 30.3 Å². The summed E-state index contributed by atoms with van der Waals surface area (Å²) in [6, 6.07) is 11.7. The summed E-state index contributed by atoms with van der Waals surface area (Å²) in [6.45, 7) is 0.761. The van der Waals surface area contributed by atoms with Crippen LogP contribution >= 0.6 is 11.3 Å². The SMILES string of the molecule is O=C(CCCc1cccs1)Nc1cccc(N2CCCC2=O)c1. The largest absolute Gasteiger partial charge is 0.326 e. The number of hydrogen-bond donors (Lipinski definition) is 1. The Kier molecular flexibility index (Phi) is 5.08. The molecule has 0 radical (unpaired) electrons. The molecular weight excluding hydrogens is 308 g/mol. The van der Waals surface area contributed by atoms with Crippen molar-refractivity contribution in [2.75, 3.05) is 16.8 Å². The number of benzene rings is 1. The summed E-state index contributed by atoms with van der Waals surface area (Å²) in [5.74, 6) is 0.177. The smallest absolute Gasteiger partial charge is 0.227 e. The average Bonchev–Trinajstić information content (AvgIpc) is 3.19. The maximum Gasteiger partial charge on any atom is 0.227 e. The topological polar surface area (TPSA) is 49.4 Å². The molecule has 2 amide bonds. The highest BCUT2D eigenvalue weighted by Crippen LogP contribution is 2.24. The van der Waals surface area contributed by atoms with Gasteiger partial charge in [0.05, 0.1) is 0 Å². The van der Waals surface area contributed by atoms with E-state index in [9.17, 15) is 9.59 Å². The van der Waals surface area contributed by atoms with Crippen molar-refractivity contribution in [3.8, 4) is 0 Å². The van der Waals surface area contributed by atoms with Gasteiger partial charge < -0.3 is 10.2 Å². The summed E-state index contributed by atoms with van der Waals surface area (Å²) >= 11 is 1.73. The summed E-state index contributed by atoms with van der Waals surface area (Å²) < 4.78 is 0. The quantitative estimate of drug-likeness (QED) is 0.876. The van der Waals surface area contributed by atoms with E-state index in [1.165, 1.54) is 4.88 Å². The van der Waals surface area contributed by atoms with Gasteiger partial charge in [0.1, 0.15) is 0 Å². The summed E-state index contributed by atoms with van der Waals surface area (Å²) in [5.41, 5.74) is 1.62. The van der Waals surface area contributed by atoms with Gasteiger partial charge in [-0.3, -0.25) is 9.59 Å². The molecule has 120 valence electrons. The molecule has 1 aromatic heterocycles. The van der Waals surface area contributed by atoms with Crippen LogP contribution in [-0.2, 0) is 16.0 Å². The van der Waals surface area contributed by atoms with Crippen molar-refractivity contribution in [3.63, 3.8) is 0 Å². The number of thiophene rings is 1. The highest BCUT2D eigenvalue weighted by molar-refractivity contribution is 7.09. The zero-order valence-electron chi connectivity index (χ0n) is 13.0. The zero-order valence-corrected chi connectivity index (χ0v) is 13.8. The third kappa shape index (κ3) is 4.20. The maximum absolute atomic E-state index is 12.0. The van der Waals surface area contributed by atoms with Gasteiger partial charge in [-0.25, -0.2) is 0 Å². The Bertz CT molecular complexity index is 682. The lowest BCUT2D eigenvalue weighted by Crippen LogP contribution is -2.23. The van der Waals surface area contributed by atoms with Crippen molar-refractivity contribution in [1.29, 1.82) is 0 Å². The van der Waals surface area contributed by atoms with E-state index in [4.69, 9.17) is 0 Å². The van der Waals surface area contributed by atoms with Crippen LogP contribution in [0.3, 0.4) is 0 Å². The van der Waals surface area contributed by atoms with Crippen LogP contribution in [0.2, 0.25) is 0 Å². The molecule has 0 spiro atoms. The van der Waals surface area contributed by atoms with Crippen LogP contribution in [0.4, 0.5) is 11.4 Å². The number of nitrogens with one attached hydrogen (secondary N) is 1. The lowest BCUT2D eigenvalue weighted by Gasteiger charge is -2.16. The van der Waals surface area contributed by atoms with E-state index in [0.29, 0.717) is 12.8 Å². The van der Waals surface area contributed by atoms with Gasteiger partial charge in [-0.1, -0.05) is 12.1 Å². The third-order valence-corrected chi connectivity index (χ3v) is 4.86. The van der Waals surface area contributed by atoms with Gasteiger partial charge in [-0.05, 0) is 48.9 Å². The molecule has 0 aliphatic carbocycles. The Balaban J connectivity index is 1.53. The number of hydrogen-bond acceptors (Lipinski definition) is 3. The fourth-order valence-corrected chi connectivity index (χ4v) is 3.53. The van der Waals surface area contributed by atoms with Crippen molar-refractivity contribution in [2.45, 2.75) is 32.1 Å². The van der Waals surface area contributed by atoms with E-state index in [-0.39, 0.29) is 11.8 Å². The maximum atomic E-state index is 12.0. The fourth-order valence-electron chi connectivity index (χ4n) is 2.77. The first-order valence-electron chi connectivity index (χ1n) is 7.95. The van der Waals surface area contributed by atoms with Crippen molar-refractivity contribution in [2.24, 2.45) is 0 Å². The predicted octanol–water partition coefficient (Wildman–Crippen LogP) is 3.84.